The molecule has 3 aromatic rings. The summed E-state index contributed by atoms with van der Waals surface area (Å²) < 4.78 is 12.8. The summed E-state index contributed by atoms with van der Waals surface area (Å²) in [5, 5.41) is 7.18. The standard InChI is InChI=1S/C23H25N3O4/c1-17(27)19-10-11-20(21(15-19)29-2)30-14-6-9-23(28)24-22-12-13-26(25-22)16-18-7-4-3-5-8-18/h3-5,7-8,10-13,15H,6,9,14,16H2,1-2H3,(H,24,25,28). The highest BCUT2D eigenvalue weighted by Crippen LogP contribution is 2.28. The number of hydrogen-bond acceptors (Lipinski definition) is 5. The Kier molecular flexibility index (Phi) is 7.21. The van der Waals surface area contributed by atoms with E-state index in [4.69, 9.17) is 9.47 Å². The first-order valence-corrected chi connectivity index (χ1v) is 9.74. The van der Waals surface area contributed by atoms with Crippen LogP contribution in [0.2, 0.25) is 0 Å². The molecule has 0 aliphatic carbocycles. The first-order valence-electron chi connectivity index (χ1n) is 9.74. The van der Waals surface area contributed by atoms with Crippen LogP contribution in [-0.2, 0) is 11.3 Å². The van der Waals surface area contributed by atoms with Crippen LogP contribution in [0.15, 0.2) is 60.8 Å². The molecular weight excluding hydrogens is 382 g/mol. The molecule has 0 aliphatic heterocycles. The van der Waals surface area contributed by atoms with Crippen LogP contribution in [0.4, 0.5) is 5.82 Å². The van der Waals surface area contributed by atoms with E-state index in [9.17, 15) is 9.59 Å². The second-order valence-corrected chi connectivity index (χ2v) is 6.81. The Hall–Kier alpha value is -3.61. The maximum absolute atomic E-state index is 12.2. The molecule has 0 fully saturated rings. The molecule has 1 amide bonds. The Morgan fingerprint density at radius 1 is 1.07 bits per heavy atom. The van der Waals surface area contributed by atoms with Crippen molar-refractivity contribution in [3.05, 3.63) is 71.9 Å². The predicted molar refractivity (Wildman–Crippen MR) is 114 cm³/mol. The number of ketones is 1. The normalized spacial score (nSPS) is 10.5. The molecule has 30 heavy (non-hydrogen) atoms. The number of carbonyl (C=O) groups is 2. The van der Waals surface area contributed by atoms with Gasteiger partial charge in [0.15, 0.2) is 23.1 Å². The third-order valence-electron chi connectivity index (χ3n) is 4.47. The Morgan fingerprint density at radius 3 is 2.60 bits per heavy atom. The van der Waals surface area contributed by atoms with Crippen molar-refractivity contribution in [1.29, 1.82) is 0 Å². The van der Waals surface area contributed by atoms with E-state index in [0.29, 0.717) is 48.9 Å². The predicted octanol–water partition coefficient (Wildman–Crippen LogP) is 3.94. The molecule has 0 atom stereocenters. The molecule has 0 saturated carbocycles. The van der Waals surface area contributed by atoms with E-state index < -0.39 is 0 Å². The SMILES string of the molecule is COc1cc(C(C)=O)ccc1OCCCC(=O)Nc1ccn(Cc2ccccc2)n1. The number of carbonyl (C=O) groups excluding carboxylic acids is 2. The van der Waals surface area contributed by atoms with Crippen molar-refractivity contribution in [2.45, 2.75) is 26.3 Å². The fourth-order valence-corrected chi connectivity index (χ4v) is 2.91. The molecule has 0 radical (unpaired) electrons. The van der Waals surface area contributed by atoms with Crippen LogP contribution in [0.5, 0.6) is 11.5 Å². The molecule has 0 saturated heterocycles. The molecule has 2 aromatic carbocycles. The van der Waals surface area contributed by atoms with Crippen LogP contribution in [0, 0.1) is 0 Å². The van der Waals surface area contributed by atoms with Gasteiger partial charge in [0.2, 0.25) is 5.91 Å². The van der Waals surface area contributed by atoms with E-state index in [1.807, 2.05) is 36.5 Å². The maximum Gasteiger partial charge on any atom is 0.225 e. The highest BCUT2D eigenvalue weighted by Gasteiger charge is 2.09. The average Bonchev–Trinajstić information content (AvgIpc) is 3.18. The van der Waals surface area contributed by atoms with Crippen LogP contribution in [0.3, 0.4) is 0 Å². The first kappa shape index (κ1) is 21.1. The molecule has 3 rings (SSSR count). The van der Waals surface area contributed by atoms with Gasteiger partial charge < -0.3 is 14.8 Å². The Bertz CT molecular complexity index is 999. The van der Waals surface area contributed by atoms with Crippen molar-refractivity contribution in [2.24, 2.45) is 0 Å². The van der Waals surface area contributed by atoms with Crippen molar-refractivity contribution >= 4 is 17.5 Å². The molecule has 7 nitrogen and oxygen atoms in total. The molecule has 1 N–H and O–H groups in total. The Labute approximate surface area is 175 Å². The molecule has 0 bridgehead atoms. The summed E-state index contributed by atoms with van der Waals surface area (Å²) >= 11 is 0. The number of nitrogens with zero attached hydrogens (tertiary/aromatic N) is 2. The average molecular weight is 407 g/mol. The second-order valence-electron chi connectivity index (χ2n) is 6.81. The van der Waals surface area contributed by atoms with Crippen LogP contribution in [0.25, 0.3) is 0 Å². The minimum Gasteiger partial charge on any atom is -0.493 e. The number of nitrogens with one attached hydrogen (secondary N) is 1. The zero-order chi connectivity index (χ0) is 21.3. The van der Waals surface area contributed by atoms with Crippen LogP contribution < -0.4 is 14.8 Å². The minimum absolute atomic E-state index is 0.0391. The molecule has 0 unspecified atom stereocenters. The van der Waals surface area contributed by atoms with Gasteiger partial charge in [0.05, 0.1) is 20.3 Å². The summed E-state index contributed by atoms with van der Waals surface area (Å²) in [6, 6.07) is 16.8. The van der Waals surface area contributed by atoms with Crippen molar-refractivity contribution in [3.8, 4) is 11.5 Å². The summed E-state index contributed by atoms with van der Waals surface area (Å²) in [4.78, 5) is 23.6. The molecule has 7 heteroatoms. The number of amides is 1. The molecule has 156 valence electrons. The van der Waals surface area contributed by atoms with E-state index in [-0.39, 0.29) is 11.7 Å². The number of Topliss-reactive ketones (excluding diaryl/α,β-unsaturated/α-hetero) is 1. The fraction of sp³-hybridized carbons (Fsp3) is 0.261. The summed E-state index contributed by atoms with van der Waals surface area (Å²) in [5.74, 6) is 1.40. The van der Waals surface area contributed by atoms with Gasteiger partial charge in [-0.25, -0.2) is 0 Å². The number of ether oxygens (including phenoxy) is 2. The van der Waals surface area contributed by atoms with Gasteiger partial charge >= 0.3 is 0 Å². The van der Waals surface area contributed by atoms with Crippen molar-refractivity contribution < 1.29 is 19.1 Å². The quantitative estimate of drug-likeness (QED) is 0.407. The van der Waals surface area contributed by atoms with Crippen LogP contribution in [-0.4, -0.2) is 35.2 Å². The van der Waals surface area contributed by atoms with Gasteiger partial charge in [-0.1, -0.05) is 30.3 Å². The Morgan fingerprint density at radius 2 is 1.87 bits per heavy atom. The van der Waals surface area contributed by atoms with Gasteiger partial charge in [0.25, 0.3) is 0 Å². The summed E-state index contributed by atoms with van der Waals surface area (Å²) in [5.41, 5.74) is 1.70. The zero-order valence-electron chi connectivity index (χ0n) is 17.1. The lowest BCUT2D eigenvalue weighted by atomic mass is 10.1. The lowest BCUT2D eigenvalue weighted by Gasteiger charge is -2.11. The molecule has 0 aliphatic rings. The number of anilines is 1. The highest BCUT2D eigenvalue weighted by atomic mass is 16.5. The van der Waals surface area contributed by atoms with Gasteiger partial charge in [-0.2, -0.15) is 5.10 Å². The Balaban J connectivity index is 1.43. The fourth-order valence-electron chi connectivity index (χ4n) is 2.91. The van der Waals surface area contributed by atoms with E-state index in [2.05, 4.69) is 10.4 Å². The number of hydrogen-bond donors (Lipinski definition) is 1. The van der Waals surface area contributed by atoms with Gasteiger partial charge in [0.1, 0.15) is 0 Å². The van der Waals surface area contributed by atoms with E-state index in [1.165, 1.54) is 14.0 Å². The number of benzene rings is 2. The minimum atomic E-state index is -0.123. The zero-order valence-corrected chi connectivity index (χ0v) is 17.1. The lowest BCUT2D eigenvalue weighted by Crippen LogP contribution is -2.13. The number of aromatic nitrogens is 2. The third-order valence-corrected chi connectivity index (χ3v) is 4.47. The maximum atomic E-state index is 12.2. The van der Waals surface area contributed by atoms with Crippen molar-refractivity contribution in [3.63, 3.8) is 0 Å². The second kappa shape index (κ2) is 10.2. The lowest BCUT2D eigenvalue weighted by molar-refractivity contribution is -0.116. The highest BCUT2D eigenvalue weighted by molar-refractivity contribution is 5.94. The number of methoxy groups -OCH3 is 1. The summed E-state index contributed by atoms with van der Waals surface area (Å²) in [6.45, 7) is 2.50. The smallest absolute Gasteiger partial charge is 0.225 e. The third kappa shape index (κ3) is 5.94. The molecule has 0 spiro atoms. The van der Waals surface area contributed by atoms with Crippen molar-refractivity contribution in [1.82, 2.24) is 9.78 Å². The summed E-state index contributed by atoms with van der Waals surface area (Å²) in [6.07, 6.45) is 2.68. The largest absolute Gasteiger partial charge is 0.493 e. The van der Waals surface area contributed by atoms with Crippen LogP contribution >= 0.6 is 0 Å². The topological polar surface area (TPSA) is 82.5 Å². The van der Waals surface area contributed by atoms with Crippen molar-refractivity contribution in [2.75, 3.05) is 19.0 Å². The van der Waals surface area contributed by atoms with E-state index in [0.717, 1.165) is 5.56 Å². The van der Waals surface area contributed by atoms with E-state index in [1.54, 1.807) is 28.9 Å². The monoisotopic (exact) mass is 407 g/mol. The van der Waals surface area contributed by atoms with Gasteiger partial charge in [-0.3, -0.25) is 14.3 Å². The summed E-state index contributed by atoms with van der Waals surface area (Å²) in [7, 11) is 1.52. The first-order chi connectivity index (χ1) is 14.5. The van der Waals surface area contributed by atoms with E-state index >= 15 is 0 Å². The van der Waals surface area contributed by atoms with Crippen LogP contribution in [0.1, 0.15) is 35.7 Å². The van der Waals surface area contributed by atoms with Gasteiger partial charge in [0, 0.05) is 24.2 Å². The molecular formula is C23H25N3O4. The number of rotatable bonds is 10. The van der Waals surface area contributed by atoms with Gasteiger partial charge in [-0.05, 0) is 37.1 Å². The molecule has 1 aromatic heterocycles. The molecule has 1 heterocycles. The van der Waals surface area contributed by atoms with Gasteiger partial charge in [-0.15, -0.1) is 0 Å².